The van der Waals surface area contributed by atoms with Gasteiger partial charge in [0.25, 0.3) is 0 Å². The normalized spacial score (nSPS) is 11.2. The van der Waals surface area contributed by atoms with Gasteiger partial charge in [0, 0.05) is 11.6 Å². The summed E-state index contributed by atoms with van der Waals surface area (Å²) in [6.45, 7) is 3.61. The molecule has 0 spiro atoms. The molecule has 0 N–H and O–H groups in total. The molecule has 0 aliphatic carbocycles. The van der Waals surface area contributed by atoms with E-state index >= 15 is 0 Å². The Bertz CT molecular complexity index is 267. The van der Waals surface area contributed by atoms with Crippen LogP contribution in [0.2, 0.25) is 0 Å². The quantitative estimate of drug-likeness (QED) is 0.657. The van der Waals surface area contributed by atoms with Crippen molar-refractivity contribution in [2.75, 3.05) is 7.11 Å². The van der Waals surface area contributed by atoms with Crippen LogP contribution in [0.1, 0.15) is 18.9 Å². The van der Waals surface area contributed by atoms with Gasteiger partial charge in [0.05, 0.1) is 7.11 Å². The van der Waals surface area contributed by atoms with Crippen molar-refractivity contribution in [2.24, 2.45) is 0 Å². The van der Waals surface area contributed by atoms with Crippen LogP contribution in [0.5, 0.6) is 0 Å². The van der Waals surface area contributed by atoms with Crippen molar-refractivity contribution in [3.05, 3.63) is 16.6 Å². The Morgan fingerprint density at radius 3 is 2.75 bits per heavy atom. The number of methoxy groups -OCH3 is 1. The molecule has 0 unspecified atom stereocenters. The molecule has 0 aliphatic rings. The van der Waals surface area contributed by atoms with Crippen LogP contribution in [0, 0.1) is 0 Å². The van der Waals surface area contributed by atoms with Crippen LogP contribution in [0.25, 0.3) is 0 Å². The van der Waals surface area contributed by atoms with Gasteiger partial charge in [0.15, 0.2) is 0 Å². The highest BCUT2D eigenvalue weighted by Gasteiger charge is 2.33. The van der Waals surface area contributed by atoms with E-state index in [-0.39, 0.29) is 5.97 Å². The molecule has 0 bridgehead atoms. The third-order valence-corrected chi connectivity index (χ3v) is 2.76. The average molecular weight is 185 g/mol. The summed E-state index contributed by atoms with van der Waals surface area (Å²) in [7, 11) is 1.39. The van der Waals surface area contributed by atoms with E-state index in [4.69, 9.17) is 0 Å². The molecule has 1 aromatic rings. The van der Waals surface area contributed by atoms with Gasteiger partial charge in [-0.25, -0.2) is 4.98 Å². The fourth-order valence-corrected chi connectivity index (χ4v) is 1.62. The van der Waals surface area contributed by atoms with Crippen LogP contribution in [0.4, 0.5) is 0 Å². The Kier molecular flexibility index (Phi) is 2.47. The summed E-state index contributed by atoms with van der Waals surface area (Å²) >= 11 is 1.46. The van der Waals surface area contributed by atoms with Crippen molar-refractivity contribution >= 4 is 17.3 Å². The van der Waals surface area contributed by atoms with Gasteiger partial charge in [-0.2, -0.15) is 0 Å². The molecule has 0 saturated carbocycles. The average Bonchev–Trinajstić information content (AvgIpc) is 2.55. The van der Waals surface area contributed by atoms with Crippen LogP contribution in [0.15, 0.2) is 11.6 Å². The van der Waals surface area contributed by atoms with E-state index in [0.717, 1.165) is 5.01 Å². The van der Waals surface area contributed by atoms with Gasteiger partial charge < -0.3 is 4.74 Å². The maximum Gasteiger partial charge on any atom is 0.318 e. The standard InChI is InChI=1S/C8H11NO2S/c1-8(2,7(10)11-3)6-9-4-5-12-6/h4-5H,1-3H3. The molecule has 0 amide bonds. The summed E-state index contributed by atoms with van der Waals surface area (Å²) in [5.41, 5.74) is -0.622. The third kappa shape index (κ3) is 1.48. The predicted octanol–water partition coefficient (Wildman–Crippen LogP) is 1.59. The van der Waals surface area contributed by atoms with Crippen LogP contribution >= 0.6 is 11.3 Å². The molecule has 0 saturated heterocycles. The lowest BCUT2D eigenvalue weighted by molar-refractivity contribution is -0.146. The number of hydrogen-bond donors (Lipinski definition) is 0. The summed E-state index contributed by atoms with van der Waals surface area (Å²) in [6.07, 6.45) is 1.69. The van der Waals surface area contributed by atoms with Crippen molar-refractivity contribution in [1.82, 2.24) is 4.98 Å². The lowest BCUT2D eigenvalue weighted by Crippen LogP contribution is -2.29. The van der Waals surface area contributed by atoms with Crippen molar-refractivity contribution in [1.29, 1.82) is 0 Å². The second kappa shape index (κ2) is 3.23. The minimum atomic E-state index is -0.622. The van der Waals surface area contributed by atoms with Gasteiger partial charge in [-0.3, -0.25) is 4.79 Å². The first kappa shape index (κ1) is 9.19. The second-order valence-electron chi connectivity index (χ2n) is 2.95. The molecule has 66 valence electrons. The predicted molar refractivity (Wildman–Crippen MR) is 47.2 cm³/mol. The molecule has 0 atom stereocenters. The highest BCUT2D eigenvalue weighted by atomic mass is 32.1. The molecular weight excluding hydrogens is 174 g/mol. The largest absolute Gasteiger partial charge is 0.468 e. The summed E-state index contributed by atoms with van der Waals surface area (Å²) in [5.74, 6) is -0.252. The summed E-state index contributed by atoms with van der Waals surface area (Å²) in [6, 6.07) is 0. The number of carbonyl (C=O) groups is 1. The van der Waals surface area contributed by atoms with Crippen LogP contribution in [-0.4, -0.2) is 18.1 Å². The van der Waals surface area contributed by atoms with Crippen LogP contribution in [0.3, 0.4) is 0 Å². The molecule has 1 rings (SSSR count). The number of esters is 1. The van der Waals surface area contributed by atoms with Gasteiger partial charge in [0.2, 0.25) is 0 Å². The molecule has 0 radical (unpaired) electrons. The van der Waals surface area contributed by atoms with E-state index in [1.54, 1.807) is 20.0 Å². The van der Waals surface area contributed by atoms with Crippen LogP contribution in [-0.2, 0) is 14.9 Å². The van der Waals surface area contributed by atoms with E-state index in [0.29, 0.717) is 0 Å². The van der Waals surface area contributed by atoms with E-state index in [2.05, 4.69) is 9.72 Å². The Hall–Kier alpha value is -0.900. The molecule has 0 fully saturated rings. The van der Waals surface area contributed by atoms with Gasteiger partial charge in [-0.15, -0.1) is 11.3 Å². The maximum atomic E-state index is 11.3. The summed E-state index contributed by atoms with van der Waals surface area (Å²) in [4.78, 5) is 15.4. The summed E-state index contributed by atoms with van der Waals surface area (Å²) < 4.78 is 4.67. The van der Waals surface area contributed by atoms with Gasteiger partial charge in [-0.05, 0) is 13.8 Å². The van der Waals surface area contributed by atoms with Gasteiger partial charge >= 0.3 is 5.97 Å². The zero-order chi connectivity index (χ0) is 9.19. The minimum absolute atomic E-state index is 0.252. The summed E-state index contributed by atoms with van der Waals surface area (Å²) in [5, 5.41) is 2.63. The monoisotopic (exact) mass is 185 g/mol. The topological polar surface area (TPSA) is 39.2 Å². The van der Waals surface area contributed by atoms with E-state index in [1.165, 1.54) is 18.4 Å². The number of ether oxygens (including phenoxy) is 1. The van der Waals surface area contributed by atoms with E-state index < -0.39 is 5.41 Å². The molecule has 12 heavy (non-hydrogen) atoms. The first-order chi connectivity index (χ1) is 5.59. The fourth-order valence-electron chi connectivity index (χ4n) is 0.875. The first-order valence-electron chi connectivity index (χ1n) is 3.57. The van der Waals surface area contributed by atoms with Crippen LogP contribution < -0.4 is 0 Å². The molecular formula is C8H11NO2S. The molecule has 1 heterocycles. The maximum absolute atomic E-state index is 11.3. The number of thiazole rings is 1. The van der Waals surface area contributed by atoms with E-state index in [9.17, 15) is 4.79 Å². The Labute approximate surface area is 75.4 Å². The fraction of sp³-hybridized carbons (Fsp3) is 0.500. The number of aromatic nitrogens is 1. The zero-order valence-electron chi connectivity index (χ0n) is 7.33. The van der Waals surface area contributed by atoms with Crippen molar-refractivity contribution in [3.63, 3.8) is 0 Å². The number of carbonyl (C=O) groups excluding carboxylic acids is 1. The van der Waals surface area contributed by atoms with Gasteiger partial charge in [-0.1, -0.05) is 0 Å². The number of nitrogens with zero attached hydrogens (tertiary/aromatic N) is 1. The van der Waals surface area contributed by atoms with E-state index in [1.807, 2.05) is 5.38 Å². The lowest BCUT2D eigenvalue weighted by atomic mass is 9.95. The second-order valence-corrected chi connectivity index (χ2v) is 3.85. The van der Waals surface area contributed by atoms with Gasteiger partial charge in [0.1, 0.15) is 10.4 Å². The molecule has 1 aromatic heterocycles. The zero-order valence-corrected chi connectivity index (χ0v) is 8.14. The van der Waals surface area contributed by atoms with Crippen molar-refractivity contribution in [3.8, 4) is 0 Å². The Morgan fingerprint density at radius 2 is 2.33 bits per heavy atom. The number of hydrogen-bond acceptors (Lipinski definition) is 4. The molecule has 0 aromatic carbocycles. The number of rotatable bonds is 2. The van der Waals surface area contributed by atoms with Crippen molar-refractivity contribution < 1.29 is 9.53 Å². The Morgan fingerprint density at radius 1 is 1.67 bits per heavy atom. The SMILES string of the molecule is COC(=O)C(C)(C)c1nccs1. The lowest BCUT2D eigenvalue weighted by Gasteiger charge is -2.17. The highest BCUT2D eigenvalue weighted by molar-refractivity contribution is 7.09. The third-order valence-electron chi connectivity index (χ3n) is 1.66. The smallest absolute Gasteiger partial charge is 0.318 e. The molecule has 4 heteroatoms. The minimum Gasteiger partial charge on any atom is -0.468 e. The molecule has 0 aliphatic heterocycles. The highest BCUT2D eigenvalue weighted by Crippen LogP contribution is 2.25. The van der Waals surface area contributed by atoms with Crippen molar-refractivity contribution in [2.45, 2.75) is 19.3 Å². The Balaban J connectivity index is 2.93. The molecule has 3 nitrogen and oxygen atoms in total. The first-order valence-corrected chi connectivity index (χ1v) is 4.45.